The van der Waals surface area contributed by atoms with Crippen molar-refractivity contribution in [2.24, 2.45) is 0 Å². The van der Waals surface area contributed by atoms with Crippen LogP contribution in [0.25, 0.3) is 21.8 Å². The van der Waals surface area contributed by atoms with E-state index in [1.807, 2.05) is 4.57 Å². The Bertz CT molecular complexity index is 1240. The summed E-state index contributed by atoms with van der Waals surface area (Å²) in [5, 5.41) is 12.4. The van der Waals surface area contributed by atoms with Crippen LogP contribution in [0.5, 0.6) is 0 Å². The van der Waals surface area contributed by atoms with Crippen LogP contribution in [-0.4, -0.2) is 64.5 Å². The Labute approximate surface area is 192 Å². The summed E-state index contributed by atoms with van der Waals surface area (Å²) in [4.78, 5) is 2.06. The average Bonchev–Trinajstić information content (AvgIpc) is 3.37. The van der Waals surface area contributed by atoms with Gasteiger partial charge in [-0.3, -0.25) is 4.90 Å². The number of rotatable bonds is 5. The molecule has 0 spiro atoms. The quantitative estimate of drug-likeness (QED) is 0.609. The van der Waals surface area contributed by atoms with Gasteiger partial charge in [0, 0.05) is 47.5 Å². The molecule has 33 heavy (non-hydrogen) atoms. The molecule has 5 rings (SSSR count). The summed E-state index contributed by atoms with van der Waals surface area (Å²) in [6, 6.07) is 8.92. The van der Waals surface area contributed by atoms with Gasteiger partial charge in [0.1, 0.15) is 17.5 Å². The van der Waals surface area contributed by atoms with Crippen molar-refractivity contribution in [3.05, 3.63) is 48.0 Å². The molecule has 1 aromatic heterocycles. The number of hydrogen-bond donors (Lipinski definition) is 1. The number of aromatic nitrogens is 1. The average molecular weight is 478 g/mol. The third-order valence-corrected chi connectivity index (χ3v) is 8.76. The summed E-state index contributed by atoms with van der Waals surface area (Å²) in [5.41, 5.74) is -0.0677. The first-order valence-corrected chi connectivity index (χ1v) is 13.1. The minimum atomic E-state index is -3.53. The highest BCUT2D eigenvalue weighted by Crippen LogP contribution is 2.32. The first kappa shape index (κ1) is 22.7. The van der Waals surface area contributed by atoms with E-state index in [0.29, 0.717) is 40.9 Å². The van der Waals surface area contributed by atoms with Crippen LogP contribution in [0.15, 0.2) is 36.4 Å². The van der Waals surface area contributed by atoms with Crippen LogP contribution in [0.4, 0.5) is 8.78 Å². The minimum absolute atomic E-state index is 0.0122. The minimum Gasteiger partial charge on any atom is -0.387 e. The van der Waals surface area contributed by atoms with Gasteiger partial charge < -0.3 is 9.67 Å². The Hall–Kier alpha value is -2.07. The normalized spacial score (nSPS) is 22.3. The lowest BCUT2D eigenvalue weighted by atomic mass is 10.1. The van der Waals surface area contributed by atoms with Crippen molar-refractivity contribution in [3.63, 3.8) is 0 Å². The molecule has 1 saturated heterocycles. The maximum Gasteiger partial charge on any atom is 0.227 e. The molecule has 2 aromatic carbocycles. The Balaban J connectivity index is 1.41. The Morgan fingerprint density at radius 2 is 1.55 bits per heavy atom. The van der Waals surface area contributed by atoms with Crippen molar-refractivity contribution in [3.8, 4) is 0 Å². The third kappa shape index (κ3) is 4.39. The second kappa shape index (κ2) is 8.30. The smallest absolute Gasteiger partial charge is 0.227 e. The topological polar surface area (TPSA) is 65.8 Å². The molecule has 0 bridgehead atoms. The van der Waals surface area contributed by atoms with Crippen molar-refractivity contribution in [1.29, 1.82) is 0 Å². The molecule has 2 fully saturated rings. The van der Waals surface area contributed by atoms with E-state index in [1.165, 1.54) is 28.6 Å². The molecule has 1 saturated carbocycles. The van der Waals surface area contributed by atoms with Gasteiger partial charge >= 0.3 is 0 Å². The van der Waals surface area contributed by atoms with E-state index in [-0.39, 0.29) is 19.0 Å². The highest BCUT2D eigenvalue weighted by atomic mass is 32.2. The monoisotopic (exact) mass is 477 g/mol. The van der Waals surface area contributed by atoms with Crippen molar-refractivity contribution >= 4 is 31.8 Å². The molecule has 2 heterocycles. The van der Waals surface area contributed by atoms with Gasteiger partial charge in [0.25, 0.3) is 0 Å². The fourth-order valence-electron chi connectivity index (χ4n) is 5.46. The van der Waals surface area contributed by atoms with Crippen LogP contribution in [-0.2, 0) is 16.6 Å². The van der Waals surface area contributed by atoms with E-state index >= 15 is 0 Å². The van der Waals surface area contributed by atoms with E-state index < -0.39 is 27.3 Å². The standard InChI is InChI=1S/C24H29F2N3O3S/c1-24(30,14-28-11-10-27(16-33(28,31)32)19-4-2-3-5-19)15-29-22-8-6-17(25)12-20(22)21-13-18(26)7-9-23(21)29/h6-9,12-13,19,30H,2-5,10-11,14-16H2,1H3. The number of fused-ring (bicyclic) bond motifs is 3. The zero-order valence-corrected chi connectivity index (χ0v) is 19.5. The van der Waals surface area contributed by atoms with Crippen molar-refractivity contribution in [2.45, 2.75) is 50.8 Å². The SMILES string of the molecule is CC(O)(CN1CCN(C2CCCC2)CS1(=O)=O)Cn1c2ccc(F)cc2c2cc(F)ccc21. The molecule has 1 aliphatic heterocycles. The molecular weight excluding hydrogens is 448 g/mol. The maximum absolute atomic E-state index is 13.9. The van der Waals surface area contributed by atoms with Crippen molar-refractivity contribution in [1.82, 2.24) is 13.8 Å². The highest BCUT2D eigenvalue weighted by Gasteiger charge is 2.38. The maximum atomic E-state index is 13.9. The number of aliphatic hydroxyl groups is 1. The summed E-state index contributed by atoms with van der Waals surface area (Å²) in [6.45, 7) is 2.66. The van der Waals surface area contributed by atoms with Gasteiger partial charge in [-0.2, -0.15) is 4.31 Å². The summed E-state index contributed by atoms with van der Waals surface area (Å²) in [7, 11) is -3.53. The van der Waals surface area contributed by atoms with Gasteiger partial charge in [-0.05, 0) is 56.2 Å². The molecule has 1 N–H and O–H groups in total. The number of β-amino-alcohol motifs (C(OH)–C–C–N with tert-alkyl or cyclic N) is 1. The Morgan fingerprint density at radius 3 is 2.09 bits per heavy atom. The molecule has 0 radical (unpaired) electrons. The van der Waals surface area contributed by atoms with Crippen LogP contribution in [0.3, 0.4) is 0 Å². The Morgan fingerprint density at radius 1 is 0.970 bits per heavy atom. The van der Waals surface area contributed by atoms with Crippen LogP contribution in [0.2, 0.25) is 0 Å². The highest BCUT2D eigenvalue weighted by molar-refractivity contribution is 7.89. The van der Waals surface area contributed by atoms with Gasteiger partial charge in [0.05, 0.1) is 12.1 Å². The molecule has 1 unspecified atom stereocenters. The molecule has 9 heteroatoms. The van der Waals surface area contributed by atoms with E-state index in [4.69, 9.17) is 0 Å². The fourth-order valence-corrected chi connectivity index (χ4v) is 7.22. The van der Waals surface area contributed by atoms with Crippen LogP contribution < -0.4 is 0 Å². The second-order valence-electron chi connectivity index (χ2n) is 9.73. The molecule has 2 aliphatic rings. The number of hydrogen-bond acceptors (Lipinski definition) is 4. The first-order chi connectivity index (χ1) is 15.6. The number of halogens is 2. The molecule has 178 valence electrons. The van der Waals surface area contributed by atoms with Gasteiger partial charge in [0.15, 0.2) is 0 Å². The molecule has 6 nitrogen and oxygen atoms in total. The third-order valence-electron chi connectivity index (χ3n) is 7.00. The zero-order chi connectivity index (χ0) is 23.4. The van der Waals surface area contributed by atoms with E-state index in [0.717, 1.165) is 25.7 Å². The lowest BCUT2D eigenvalue weighted by Crippen LogP contribution is -2.56. The van der Waals surface area contributed by atoms with Gasteiger partial charge in [-0.15, -0.1) is 0 Å². The van der Waals surface area contributed by atoms with E-state index in [2.05, 4.69) is 4.90 Å². The van der Waals surface area contributed by atoms with Crippen LogP contribution in [0.1, 0.15) is 32.6 Å². The summed E-state index contributed by atoms with van der Waals surface area (Å²) in [5.74, 6) is -0.866. The Kier molecular flexibility index (Phi) is 5.71. The first-order valence-electron chi connectivity index (χ1n) is 11.4. The second-order valence-corrected chi connectivity index (χ2v) is 11.7. The van der Waals surface area contributed by atoms with Gasteiger partial charge in [-0.1, -0.05) is 12.8 Å². The van der Waals surface area contributed by atoms with E-state index in [1.54, 1.807) is 19.1 Å². The molecule has 1 atom stereocenters. The van der Waals surface area contributed by atoms with Crippen LogP contribution >= 0.6 is 0 Å². The molecule has 3 aromatic rings. The van der Waals surface area contributed by atoms with Crippen LogP contribution in [0, 0.1) is 11.6 Å². The fraction of sp³-hybridized carbons (Fsp3) is 0.500. The van der Waals surface area contributed by atoms with Gasteiger partial charge in [-0.25, -0.2) is 17.2 Å². The van der Waals surface area contributed by atoms with Crippen molar-refractivity contribution in [2.75, 3.05) is 25.5 Å². The van der Waals surface area contributed by atoms with E-state index in [9.17, 15) is 22.3 Å². The largest absolute Gasteiger partial charge is 0.387 e. The summed E-state index contributed by atoms with van der Waals surface area (Å²) in [6.07, 6.45) is 4.38. The van der Waals surface area contributed by atoms with Crippen molar-refractivity contribution < 1.29 is 22.3 Å². The van der Waals surface area contributed by atoms with Gasteiger partial charge in [0.2, 0.25) is 10.0 Å². The molecule has 0 amide bonds. The predicted octanol–water partition coefficient (Wildman–Crippen LogP) is 3.67. The molecule has 1 aliphatic carbocycles. The predicted molar refractivity (Wildman–Crippen MR) is 124 cm³/mol. The lowest BCUT2D eigenvalue weighted by Gasteiger charge is -2.40. The number of benzene rings is 2. The number of sulfonamides is 1. The lowest BCUT2D eigenvalue weighted by molar-refractivity contribution is 0.0212. The molecular formula is C24H29F2N3O3S. The zero-order valence-electron chi connectivity index (χ0n) is 18.7. The summed E-state index contributed by atoms with van der Waals surface area (Å²) < 4.78 is 57.1. The number of nitrogens with zero attached hydrogens (tertiary/aromatic N) is 3. The summed E-state index contributed by atoms with van der Waals surface area (Å²) >= 11 is 0.